The second-order valence-corrected chi connectivity index (χ2v) is 7.92. The summed E-state index contributed by atoms with van der Waals surface area (Å²) in [4.78, 5) is 12.9. The summed E-state index contributed by atoms with van der Waals surface area (Å²) in [6, 6.07) is 17.3. The summed E-state index contributed by atoms with van der Waals surface area (Å²) in [6.45, 7) is 3.08. The molecule has 4 aromatic rings. The van der Waals surface area contributed by atoms with E-state index >= 15 is 0 Å². The van der Waals surface area contributed by atoms with Gasteiger partial charge in [-0.05, 0) is 43.3 Å². The van der Waals surface area contributed by atoms with E-state index in [1.54, 1.807) is 30.3 Å². The summed E-state index contributed by atoms with van der Waals surface area (Å²) in [7, 11) is 0. The highest BCUT2D eigenvalue weighted by Crippen LogP contribution is 2.36. The number of allylic oxidation sites excluding steroid dienone is 1. The number of nitrogens with zero attached hydrogens (tertiary/aromatic N) is 1. The van der Waals surface area contributed by atoms with Crippen LogP contribution in [-0.2, 0) is 13.2 Å². The fourth-order valence-electron chi connectivity index (χ4n) is 3.85. The molecule has 0 amide bonds. The third-order valence-electron chi connectivity index (χ3n) is 5.50. The van der Waals surface area contributed by atoms with E-state index in [9.17, 15) is 9.18 Å². The van der Waals surface area contributed by atoms with Crippen LogP contribution in [0.3, 0.4) is 0 Å². The number of ketones is 1. The van der Waals surface area contributed by atoms with E-state index in [-0.39, 0.29) is 18.1 Å². The summed E-state index contributed by atoms with van der Waals surface area (Å²) < 4.78 is 27.0. The third kappa shape index (κ3) is 3.65. The average molecular weight is 448 g/mol. The summed E-state index contributed by atoms with van der Waals surface area (Å²) in [5.41, 5.74) is 3.20. The maximum absolute atomic E-state index is 13.2. The minimum absolute atomic E-state index is 0.165. The summed E-state index contributed by atoms with van der Waals surface area (Å²) in [5, 5.41) is 1.36. The van der Waals surface area contributed by atoms with Gasteiger partial charge in [-0.2, -0.15) is 0 Å². The number of aryl methyl sites for hydroxylation is 1. The fraction of sp³-hybridized carbons (Fsp3) is 0.115. The van der Waals surface area contributed by atoms with Crippen LogP contribution < -0.4 is 9.47 Å². The van der Waals surface area contributed by atoms with Crippen molar-refractivity contribution in [2.75, 3.05) is 0 Å². The molecule has 0 atom stereocenters. The summed E-state index contributed by atoms with van der Waals surface area (Å²) in [5.74, 6) is 0.688. The Morgan fingerprint density at radius 2 is 1.97 bits per heavy atom. The number of rotatable bonds is 5. The second kappa shape index (κ2) is 8.17. The molecule has 3 aromatic carbocycles. The molecular formula is C26H19ClFNO3. The Balaban J connectivity index is 1.39. The molecule has 1 aliphatic rings. The van der Waals surface area contributed by atoms with Crippen LogP contribution in [0.5, 0.6) is 11.5 Å². The van der Waals surface area contributed by atoms with Crippen molar-refractivity contribution in [3.05, 3.63) is 100 Å². The molecule has 0 unspecified atom stereocenters. The first-order chi connectivity index (χ1) is 15.5. The standard InChI is InChI=1S/C26H19ClFNO3/c1-2-29-14-17(20-5-3-4-6-23(20)29)11-25-26(30)21-10-9-19(13-24(21)32-25)31-15-16-7-8-18(28)12-22(16)27/h3-14H,2,15H2,1H3/b25-11+. The largest absolute Gasteiger partial charge is 0.489 e. The zero-order valence-electron chi connectivity index (χ0n) is 17.3. The molecule has 5 rings (SSSR count). The van der Waals surface area contributed by atoms with E-state index in [2.05, 4.69) is 17.6 Å². The van der Waals surface area contributed by atoms with Crippen molar-refractivity contribution in [1.29, 1.82) is 0 Å². The van der Waals surface area contributed by atoms with Crippen LogP contribution in [0.2, 0.25) is 5.02 Å². The van der Waals surface area contributed by atoms with Crippen LogP contribution in [0.4, 0.5) is 4.39 Å². The molecule has 32 heavy (non-hydrogen) atoms. The van der Waals surface area contributed by atoms with Crippen molar-refractivity contribution in [1.82, 2.24) is 4.57 Å². The summed E-state index contributed by atoms with van der Waals surface area (Å²) >= 11 is 6.06. The first-order valence-corrected chi connectivity index (χ1v) is 10.6. The maximum atomic E-state index is 13.2. The molecule has 0 N–H and O–H groups in total. The number of para-hydroxylation sites is 1. The van der Waals surface area contributed by atoms with Crippen molar-refractivity contribution in [3.8, 4) is 11.5 Å². The fourth-order valence-corrected chi connectivity index (χ4v) is 4.07. The molecule has 0 saturated heterocycles. The van der Waals surface area contributed by atoms with Gasteiger partial charge in [-0.1, -0.05) is 35.9 Å². The van der Waals surface area contributed by atoms with Crippen LogP contribution in [0.15, 0.2) is 72.6 Å². The topological polar surface area (TPSA) is 40.5 Å². The van der Waals surface area contributed by atoms with Gasteiger partial charge in [0.1, 0.15) is 23.9 Å². The lowest BCUT2D eigenvalue weighted by atomic mass is 10.1. The predicted molar refractivity (Wildman–Crippen MR) is 123 cm³/mol. The van der Waals surface area contributed by atoms with Gasteiger partial charge in [0, 0.05) is 40.8 Å². The molecule has 1 aromatic heterocycles. The Kier molecular flexibility index (Phi) is 5.19. The number of carbonyl (C=O) groups is 1. The number of benzene rings is 3. The van der Waals surface area contributed by atoms with Crippen LogP contribution in [0.25, 0.3) is 17.0 Å². The Hall–Kier alpha value is -3.57. The van der Waals surface area contributed by atoms with Gasteiger partial charge >= 0.3 is 0 Å². The lowest BCUT2D eigenvalue weighted by molar-refractivity contribution is 0.101. The molecule has 0 bridgehead atoms. The Labute approximate surface area is 189 Å². The van der Waals surface area contributed by atoms with Crippen LogP contribution >= 0.6 is 11.6 Å². The SMILES string of the molecule is CCn1cc(/C=C2/Oc3cc(OCc4ccc(F)cc4Cl)ccc3C2=O)c2ccccc21. The van der Waals surface area contributed by atoms with Gasteiger partial charge < -0.3 is 14.0 Å². The lowest BCUT2D eigenvalue weighted by Crippen LogP contribution is -1.98. The molecule has 0 radical (unpaired) electrons. The molecule has 160 valence electrons. The number of aromatic nitrogens is 1. The second-order valence-electron chi connectivity index (χ2n) is 7.51. The highest BCUT2D eigenvalue weighted by molar-refractivity contribution is 6.31. The lowest BCUT2D eigenvalue weighted by Gasteiger charge is -2.08. The number of hydrogen-bond acceptors (Lipinski definition) is 3. The van der Waals surface area contributed by atoms with E-state index < -0.39 is 5.82 Å². The number of halogens is 2. The van der Waals surface area contributed by atoms with E-state index in [0.717, 1.165) is 23.0 Å². The van der Waals surface area contributed by atoms with E-state index in [0.29, 0.717) is 27.6 Å². The molecule has 6 heteroatoms. The first kappa shape index (κ1) is 20.3. The van der Waals surface area contributed by atoms with Crippen molar-refractivity contribution in [3.63, 3.8) is 0 Å². The minimum Gasteiger partial charge on any atom is -0.489 e. The van der Waals surface area contributed by atoms with Crippen LogP contribution in [0, 0.1) is 5.82 Å². The van der Waals surface area contributed by atoms with Crippen molar-refractivity contribution >= 4 is 34.4 Å². The molecular weight excluding hydrogens is 429 g/mol. The van der Waals surface area contributed by atoms with Gasteiger partial charge in [0.15, 0.2) is 5.76 Å². The monoisotopic (exact) mass is 447 g/mol. The van der Waals surface area contributed by atoms with Gasteiger partial charge in [-0.25, -0.2) is 4.39 Å². The molecule has 0 fully saturated rings. The summed E-state index contributed by atoms with van der Waals surface area (Å²) in [6.07, 6.45) is 3.81. The Morgan fingerprint density at radius 1 is 1.12 bits per heavy atom. The Morgan fingerprint density at radius 3 is 2.78 bits per heavy atom. The number of carbonyl (C=O) groups excluding carboxylic acids is 1. The number of fused-ring (bicyclic) bond motifs is 2. The molecule has 0 spiro atoms. The number of hydrogen-bond donors (Lipinski definition) is 0. The van der Waals surface area contributed by atoms with Crippen molar-refractivity contribution < 1.29 is 18.7 Å². The minimum atomic E-state index is -0.399. The number of Topliss-reactive ketones (excluding diaryl/α,β-unsaturated/α-hetero) is 1. The van der Waals surface area contributed by atoms with Gasteiger partial charge in [-0.3, -0.25) is 4.79 Å². The molecule has 0 saturated carbocycles. The zero-order valence-corrected chi connectivity index (χ0v) is 18.0. The molecule has 2 heterocycles. The zero-order chi connectivity index (χ0) is 22.2. The van der Waals surface area contributed by atoms with Gasteiger partial charge in [-0.15, -0.1) is 0 Å². The highest BCUT2D eigenvalue weighted by atomic mass is 35.5. The first-order valence-electron chi connectivity index (χ1n) is 10.3. The van der Waals surface area contributed by atoms with Gasteiger partial charge in [0.2, 0.25) is 5.78 Å². The quantitative estimate of drug-likeness (QED) is 0.321. The predicted octanol–water partition coefficient (Wildman–Crippen LogP) is 6.65. The van der Waals surface area contributed by atoms with Crippen LogP contribution in [-0.4, -0.2) is 10.4 Å². The normalized spacial score (nSPS) is 14.1. The van der Waals surface area contributed by atoms with Crippen molar-refractivity contribution in [2.45, 2.75) is 20.1 Å². The average Bonchev–Trinajstić information content (AvgIpc) is 3.30. The Bertz CT molecular complexity index is 1390. The maximum Gasteiger partial charge on any atom is 0.231 e. The van der Waals surface area contributed by atoms with Crippen LogP contribution in [0.1, 0.15) is 28.4 Å². The van der Waals surface area contributed by atoms with E-state index in [1.807, 2.05) is 24.4 Å². The molecule has 0 aliphatic carbocycles. The molecule has 4 nitrogen and oxygen atoms in total. The van der Waals surface area contributed by atoms with E-state index in [1.165, 1.54) is 12.1 Å². The number of ether oxygens (including phenoxy) is 2. The molecule has 1 aliphatic heterocycles. The van der Waals surface area contributed by atoms with Crippen molar-refractivity contribution in [2.24, 2.45) is 0 Å². The van der Waals surface area contributed by atoms with Gasteiger partial charge in [0.25, 0.3) is 0 Å². The third-order valence-corrected chi connectivity index (χ3v) is 5.85. The highest BCUT2D eigenvalue weighted by Gasteiger charge is 2.28. The van der Waals surface area contributed by atoms with Gasteiger partial charge in [0.05, 0.1) is 10.6 Å². The van der Waals surface area contributed by atoms with E-state index in [4.69, 9.17) is 21.1 Å². The smallest absolute Gasteiger partial charge is 0.231 e.